The second-order valence-corrected chi connectivity index (χ2v) is 8.53. The Kier molecular flexibility index (Phi) is 4.91. The van der Waals surface area contributed by atoms with Crippen LogP contribution in [0.2, 0.25) is 0 Å². The van der Waals surface area contributed by atoms with E-state index in [1.165, 1.54) is 23.9 Å². The number of nitrogens with zero attached hydrogens (tertiary/aromatic N) is 3. The van der Waals surface area contributed by atoms with E-state index in [1.54, 1.807) is 29.2 Å². The van der Waals surface area contributed by atoms with Gasteiger partial charge in [0.25, 0.3) is 0 Å². The van der Waals surface area contributed by atoms with E-state index in [4.69, 9.17) is 9.47 Å². The van der Waals surface area contributed by atoms with E-state index in [0.29, 0.717) is 27.6 Å². The number of benzene rings is 2. The highest BCUT2D eigenvalue weighted by molar-refractivity contribution is 8.00. The number of fused-ring (bicyclic) bond motifs is 3. The van der Waals surface area contributed by atoms with Gasteiger partial charge in [-0.25, -0.2) is 9.37 Å². The van der Waals surface area contributed by atoms with E-state index >= 15 is 0 Å². The van der Waals surface area contributed by atoms with Crippen molar-refractivity contribution in [3.8, 4) is 17.6 Å². The number of amides is 1. The zero-order valence-electron chi connectivity index (χ0n) is 16.7. The Morgan fingerprint density at radius 2 is 2.10 bits per heavy atom. The first kappa shape index (κ1) is 19.6. The molecular formula is C23H18FN3O3S. The Hall–Kier alpha value is -3.31. The number of anilines is 1. The summed E-state index contributed by atoms with van der Waals surface area (Å²) >= 11 is 1.23. The molecule has 3 aromatic rings. The molecule has 3 heterocycles. The van der Waals surface area contributed by atoms with Crippen LogP contribution < -0.4 is 14.4 Å². The largest absolute Gasteiger partial charge is 0.454 e. The Balaban J connectivity index is 1.41. The van der Waals surface area contributed by atoms with Crippen LogP contribution in [0.5, 0.6) is 11.5 Å². The summed E-state index contributed by atoms with van der Waals surface area (Å²) in [7, 11) is 0. The second-order valence-electron chi connectivity index (χ2n) is 7.56. The van der Waals surface area contributed by atoms with Crippen molar-refractivity contribution in [2.45, 2.75) is 30.8 Å². The minimum Gasteiger partial charge on any atom is -0.454 e. The van der Waals surface area contributed by atoms with Gasteiger partial charge >= 0.3 is 0 Å². The quantitative estimate of drug-likeness (QED) is 0.567. The third-order valence-electron chi connectivity index (χ3n) is 5.57. The fourth-order valence-electron chi connectivity index (χ4n) is 4.04. The molecule has 6 nitrogen and oxygen atoms in total. The third-order valence-corrected chi connectivity index (χ3v) is 6.54. The number of nitriles is 1. The first-order valence-electron chi connectivity index (χ1n) is 9.91. The number of rotatable bonds is 3. The maximum atomic E-state index is 13.6. The minimum atomic E-state index is -0.296. The molecule has 1 atom stereocenters. The highest BCUT2D eigenvalue weighted by atomic mass is 32.2. The molecule has 0 radical (unpaired) electrons. The van der Waals surface area contributed by atoms with Crippen LogP contribution >= 0.6 is 11.8 Å². The van der Waals surface area contributed by atoms with Crippen LogP contribution in [-0.4, -0.2) is 29.5 Å². The van der Waals surface area contributed by atoms with E-state index in [9.17, 15) is 14.4 Å². The summed E-state index contributed by atoms with van der Waals surface area (Å²) in [5.74, 6) is 0.973. The SMILES string of the molecule is C[C@H]1CCc2cc(F)ccc2N1C(=O)CSc1nc2cc3c(cc2cc1C#N)OCO3. The second kappa shape index (κ2) is 7.75. The maximum Gasteiger partial charge on any atom is 0.237 e. The topological polar surface area (TPSA) is 75.5 Å². The molecule has 0 fully saturated rings. The molecule has 8 heteroatoms. The van der Waals surface area contributed by atoms with Crippen molar-refractivity contribution < 1.29 is 18.7 Å². The number of halogens is 1. The maximum absolute atomic E-state index is 13.6. The van der Waals surface area contributed by atoms with E-state index in [0.717, 1.165) is 29.5 Å². The van der Waals surface area contributed by atoms with E-state index in [2.05, 4.69) is 11.1 Å². The van der Waals surface area contributed by atoms with Gasteiger partial charge in [-0.3, -0.25) is 4.79 Å². The van der Waals surface area contributed by atoms with Crippen molar-refractivity contribution >= 4 is 34.3 Å². The van der Waals surface area contributed by atoms with Crippen LogP contribution in [0.4, 0.5) is 10.1 Å². The number of thioether (sulfide) groups is 1. The Labute approximate surface area is 182 Å². The summed E-state index contributed by atoms with van der Waals surface area (Å²) < 4.78 is 24.4. The zero-order valence-corrected chi connectivity index (χ0v) is 17.5. The van der Waals surface area contributed by atoms with Crippen molar-refractivity contribution in [2.75, 3.05) is 17.4 Å². The fourth-order valence-corrected chi connectivity index (χ4v) is 4.86. The number of carbonyl (C=O) groups excluding carboxylic acids is 1. The minimum absolute atomic E-state index is 0.0193. The molecule has 0 bridgehead atoms. The number of pyridine rings is 1. The smallest absolute Gasteiger partial charge is 0.237 e. The molecule has 156 valence electrons. The van der Waals surface area contributed by atoms with Crippen LogP contribution in [0.1, 0.15) is 24.5 Å². The fraction of sp³-hybridized carbons (Fsp3) is 0.261. The summed E-state index contributed by atoms with van der Waals surface area (Å²) in [5.41, 5.74) is 2.67. The van der Waals surface area contributed by atoms with E-state index in [1.807, 2.05) is 6.92 Å². The molecule has 2 aliphatic heterocycles. The molecule has 0 N–H and O–H groups in total. The van der Waals surface area contributed by atoms with Crippen LogP contribution in [0, 0.1) is 17.1 Å². The van der Waals surface area contributed by atoms with Gasteiger partial charge in [-0.05, 0) is 55.7 Å². The van der Waals surface area contributed by atoms with Gasteiger partial charge in [0.2, 0.25) is 12.7 Å². The molecule has 5 rings (SSSR count). The zero-order chi connectivity index (χ0) is 21.5. The summed E-state index contributed by atoms with van der Waals surface area (Å²) in [4.78, 5) is 19.4. The standard InChI is InChI=1S/C23H18FN3O3S/c1-13-2-3-14-7-17(24)4-5-19(14)27(13)22(28)11-31-23-16(10-25)6-15-8-20-21(30-12-29-20)9-18(15)26-23/h4-9,13H,2-3,11-12H2,1H3/t13-/m0/s1. The Bertz CT molecular complexity index is 1260. The summed E-state index contributed by atoms with van der Waals surface area (Å²) in [5, 5.41) is 10.9. The molecule has 0 unspecified atom stereocenters. The van der Waals surface area contributed by atoms with Crippen LogP contribution in [0.3, 0.4) is 0 Å². The summed E-state index contributed by atoms with van der Waals surface area (Å²) in [6.07, 6.45) is 1.52. The van der Waals surface area contributed by atoms with Crippen LogP contribution in [0.25, 0.3) is 10.9 Å². The van der Waals surface area contributed by atoms with Crippen molar-refractivity contribution in [3.05, 3.63) is 53.3 Å². The third kappa shape index (κ3) is 3.55. The summed E-state index contributed by atoms with van der Waals surface area (Å²) in [6, 6.07) is 12.1. The lowest BCUT2D eigenvalue weighted by atomic mass is 9.96. The average Bonchev–Trinajstić information content (AvgIpc) is 3.22. The molecule has 2 aromatic carbocycles. The number of ether oxygens (including phenoxy) is 2. The average molecular weight is 435 g/mol. The van der Waals surface area contributed by atoms with Gasteiger partial charge in [0.05, 0.1) is 16.8 Å². The van der Waals surface area contributed by atoms with Gasteiger partial charge < -0.3 is 14.4 Å². The number of aryl methyl sites for hydroxylation is 1. The number of hydrogen-bond acceptors (Lipinski definition) is 6. The van der Waals surface area contributed by atoms with Crippen LogP contribution in [-0.2, 0) is 11.2 Å². The lowest BCUT2D eigenvalue weighted by Crippen LogP contribution is -2.43. The van der Waals surface area contributed by atoms with Gasteiger partial charge in [0, 0.05) is 23.2 Å². The lowest BCUT2D eigenvalue weighted by molar-refractivity contribution is -0.116. The molecule has 1 amide bonds. The van der Waals surface area contributed by atoms with Crippen molar-refractivity contribution in [1.82, 2.24) is 4.98 Å². The van der Waals surface area contributed by atoms with Crippen molar-refractivity contribution in [1.29, 1.82) is 5.26 Å². The van der Waals surface area contributed by atoms with Gasteiger partial charge in [-0.1, -0.05) is 11.8 Å². The van der Waals surface area contributed by atoms with Gasteiger partial charge in [-0.15, -0.1) is 0 Å². The molecule has 0 spiro atoms. The number of aromatic nitrogens is 1. The Morgan fingerprint density at radius 3 is 2.90 bits per heavy atom. The highest BCUT2D eigenvalue weighted by Crippen LogP contribution is 2.37. The Morgan fingerprint density at radius 1 is 1.29 bits per heavy atom. The van der Waals surface area contributed by atoms with E-state index in [-0.39, 0.29) is 30.3 Å². The number of carbonyl (C=O) groups is 1. The first-order valence-corrected chi connectivity index (χ1v) is 10.9. The molecule has 0 saturated heterocycles. The predicted molar refractivity (Wildman–Crippen MR) is 115 cm³/mol. The molecule has 1 aromatic heterocycles. The predicted octanol–water partition coefficient (Wildman–Crippen LogP) is 4.43. The van der Waals surface area contributed by atoms with Crippen LogP contribution in [0.15, 0.2) is 41.4 Å². The molecule has 2 aliphatic rings. The first-order chi connectivity index (χ1) is 15.0. The number of hydrogen-bond donors (Lipinski definition) is 0. The molecule has 0 aliphatic carbocycles. The normalized spacial score (nSPS) is 16.8. The van der Waals surface area contributed by atoms with Crippen molar-refractivity contribution in [2.24, 2.45) is 0 Å². The van der Waals surface area contributed by atoms with E-state index < -0.39 is 0 Å². The van der Waals surface area contributed by atoms with Gasteiger partial charge in [0.1, 0.15) is 16.9 Å². The van der Waals surface area contributed by atoms with Gasteiger partial charge in [-0.2, -0.15) is 5.26 Å². The lowest BCUT2D eigenvalue weighted by Gasteiger charge is -2.35. The molecule has 31 heavy (non-hydrogen) atoms. The van der Waals surface area contributed by atoms with Crippen molar-refractivity contribution in [3.63, 3.8) is 0 Å². The highest BCUT2D eigenvalue weighted by Gasteiger charge is 2.28. The monoisotopic (exact) mass is 435 g/mol. The molecule has 0 saturated carbocycles. The summed E-state index contributed by atoms with van der Waals surface area (Å²) in [6.45, 7) is 2.15. The molecular weight excluding hydrogens is 417 g/mol. The van der Waals surface area contributed by atoms with Gasteiger partial charge in [0.15, 0.2) is 11.5 Å².